The lowest BCUT2D eigenvalue weighted by Gasteiger charge is -2.27. The molecule has 1 heterocycles. The van der Waals surface area contributed by atoms with E-state index >= 15 is 0 Å². The highest BCUT2D eigenvalue weighted by atomic mass is 35.5. The summed E-state index contributed by atoms with van der Waals surface area (Å²) in [6.07, 6.45) is 0. The van der Waals surface area contributed by atoms with Crippen molar-refractivity contribution in [2.45, 2.75) is 0 Å². The fourth-order valence-electron chi connectivity index (χ4n) is 1.72. The Hall–Kier alpha value is -1.66. The van der Waals surface area contributed by atoms with E-state index in [1.807, 2.05) is 0 Å². The maximum Gasteiger partial charge on any atom is 0.246 e. The van der Waals surface area contributed by atoms with Crippen molar-refractivity contribution in [2.75, 3.05) is 18.0 Å². The van der Waals surface area contributed by atoms with Crippen molar-refractivity contribution < 1.29 is 9.59 Å². The van der Waals surface area contributed by atoms with Crippen LogP contribution in [0.2, 0.25) is 5.02 Å². The number of rotatable bonds is 2. The van der Waals surface area contributed by atoms with Gasteiger partial charge in [0.15, 0.2) is 0 Å². The number of halogens is 1. The van der Waals surface area contributed by atoms with E-state index in [2.05, 4.69) is 5.32 Å². The van der Waals surface area contributed by atoms with Gasteiger partial charge in [0.25, 0.3) is 0 Å². The third-order valence-electron chi connectivity index (χ3n) is 2.53. The molecule has 1 aliphatic heterocycles. The SMILES string of the molecule is NC(=S)c1ccc(N2CC(=O)NC(=O)C2)cc1Cl. The molecule has 94 valence electrons. The summed E-state index contributed by atoms with van der Waals surface area (Å²) < 4.78 is 0. The Morgan fingerprint density at radius 2 is 1.94 bits per heavy atom. The zero-order valence-electron chi connectivity index (χ0n) is 9.27. The predicted molar refractivity (Wildman–Crippen MR) is 72.7 cm³/mol. The molecule has 5 nitrogen and oxygen atoms in total. The fourth-order valence-corrected chi connectivity index (χ4v) is 2.23. The molecule has 0 aliphatic carbocycles. The van der Waals surface area contributed by atoms with Crippen molar-refractivity contribution in [2.24, 2.45) is 5.73 Å². The van der Waals surface area contributed by atoms with Crippen molar-refractivity contribution >= 4 is 46.3 Å². The summed E-state index contributed by atoms with van der Waals surface area (Å²) in [5, 5.41) is 2.63. The van der Waals surface area contributed by atoms with Gasteiger partial charge in [0.05, 0.1) is 18.1 Å². The molecule has 1 aromatic carbocycles. The number of benzene rings is 1. The topological polar surface area (TPSA) is 75.4 Å². The number of nitrogens with zero attached hydrogens (tertiary/aromatic N) is 1. The maximum absolute atomic E-state index is 11.3. The lowest BCUT2D eigenvalue weighted by molar-refractivity contribution is -0.130. The van der Waals surface area contributed by atoms with Crippen molar-refractivity contribution in [3.8, 4) is 0 Å². The number of amides is 2. The minimum Gasteiger partial charge on any atom is -0.389 e. The number of piperazine rings is 1. The molecule has 1 aromatic rings. The lowest BCUT2D eigenvalue weighted by atomic mass is 10.2. The van der Waals surface area contributed by atoms with Gasteiger partial charge in [-0.25, -0.2) is 0 Å². The number of thiocarbonyl (C=S) groups is 1. The molecule has 2 amide bonds. The molecule has 7 heteroatoms. The van der Waals surface area contributed by atoms with E-state index in [0.29, 0.717) is 16.3 Å². The summed E-state index contributed by atoms with van der Waals surface area (Å²) in [6.45, 7) is 0.239. The summed E-state index contributed by atoms with van der Waals surface area (Å²) in [6, 6.07) is 5.05. The first-order valence-electron chi connectivity index (χ1n) is 5.14. The molecule has 0 atom stereocenters. The van der Waals surface area contributed by atoms with E-state index in [1.165, 1.54) is 0 Å². The summed E-state index contributed by atoms with van der Waals surface area (Å²) in [5.74, 6) is -0.665. The van der Waals surface area contributed by atoms with E-state index in [9.17, 15) is 9.59 Å². The number of anilines is 1. The average Bonchev–Trinajstić information content (AvgIpc) is 2.26. The van der Waals surface area contributed by atoms with E-state index in [1.54, 1.807) is 23.1 Å². The van der Waals surface area contributed by atoms with Gasteiger partial charge in [-0.3, -0.25) is 14.9 Å². The van der Waals surface area contributed by atoms with Crippen molar-refractivity contribution in [1.82, 2.24) is 5.32 Å². The molecular formula is C11H10ClN3O2S. The molecule has 2 rings (SSSR count). The molecule has 0 bridgehead atoms. The second kappa shape index (κ2) is 4.91. The van der Waals surface area contributed by atoms with Gasteiger partial charge in [0.2, 0.25) is 11.8 Å². The van der Waals surface area contributed by atoms with Gasteiger partial charge >= 0.3 is 0 Å². The molecule has 1 aliphatic rings. The van der Waals surface area contributed by atoms with Crippen molar-refractivity contribution in [3.05, 3.63) is 28.8 Å². The molecule has 0 spiro atoms. The standard InChI is InChI=1S/C11H10ClN3O2S/c12-8-3-6(1-2-7(8)11(13)18)15-4-9(16)14-10(17)5-15/h1-3H,4-5H2,(H2,13,18)(H,14,16,17). The van der Waals surface area contributed by atoms with Crippen LogP contribution in [-0.4, -0.2) is 29.9 Å². The van der Waals surface area contributed by atoms with Gasteiger partial charge < -0.3 is 10.6 Å². The Kier molecular flexibility index (Phi) is 3.49. The van der Waals surface area contributed by atoms with Gasteiger partial charge in [0, 0.05) is 11.3 Å². The first-order chi connectivity index (χ1) is 8.47. The van der Waals surface area contributed by atoms with Gasteiger partial charge in [-0.05, 0) is 18.2 Å². The van der Waals surface area contributed by atoms with Crippen LogP contribution in [0.25, 0.3) is 0 Å². The average molecular weight is 284 g/mol. The molecule has 0 saturated carbocycles. The van der Waals surface area contributed by atoms with Crippen LogP contribution in [0.3, 0.4) is 0 Å². The monoisotopic (exact) mass is 283 g/mol. The molecule has 1 fully saturated rings. The van der Waals surface area contributed by atoms with Crippen LogP contribution in [0, 0.1) is 0 Å². The molecule has 0 aromatic heterocycles. The highest BCUT2D eigenvalue weighted by Gasteiger charge is 2.23. The fraction of sp³-hybridized carbons (Fsp3) is 0.182. The number of hydrogen-bond donors (Lipinski definition) is 2. The Balaban J connectivity index is 2.29. The van der Waals surface area contributed by atoms with Crippen LogP contribution in [0.1, 0.15) is 5.56 Å². The second-order valence-corrected chi connectivity index (χ2v) is 4.70. The molecule has 3 N–H and O–H groups in total. The first kappa shape index (κ1) is 12.8. The highest BCUT2D eigenvalue weighted by molar-refractivity contribution is 7.80. The zero-order valence-corrected chi connectivity index (χ0v) is 10.8. The Morgan fingerprint density at radius 1 is 1.33 bits per heavy atom. The maximum atomic E-state index is 11.3. The van der Waals surface area contributed by atoms with Crippen molar-refractivity contribution in [1.29, 1.82) is 0 Å². The van der Waals surface area contributed by atoms with Gasteiger partial charge in [-0.15, -0.1) is 0 Å². The van der Waals surface area contributed by atoms with Gasteiger partial charge in [-0.2, -0.15) is 0 Å². The summed E-state index contributed by atoms with van der Waals surface area (Å²) >= 11 is 10.9. The minimum absolute atomic E-state index is 0.120. The van der Waals surface area contributed by atoms with E-state index in [-0.39, 0.29) is 29.9 Å². The number of imide groups is 1. The first-order valence-corrected chi connectivity index (χ1v) is 5.93. The highest BCUT2D eigenvalue weighted by Crippen LogP contribution is 2.24. The third-order valence-corrected chi connectivity index (χ3v) is 3.06. The van der Waals surface area contributed by atoms with Crippen LogP contribution in [-0.2, 0) is 9.59 Å². The van der Waals surface area contributed by atoms with E-state index in [0.717, 1.165) is 0 Å². The van der Waals surface area contributed by atoms with Crippen LogP contribution in [0.15, 0.2) is 18.2 Å². The molecule has 0 unspecified atom stereocenters. The van der Waals surface area contributed by atoms with Crippen molar-refractivity contribution in [3.63, 3.8) is 0 Å². The number of carbonyl (C=O) groups excluding carboxylic acids is 2. The summed E-state index contributed by atoms with van der Waals surface area (Å²) in [5.41, 5.74) is 6.76. The zero-order chi connectivity index (χ0) is 13.3. The predicted octanol–water partition coefficient (Wildman–Crippen LogP) is 0.437. The molecule has 18 heavy (non-hydrogen) atoms. The van der Waals surface area contributed by atoms with Crippen LogP contribution in [0.5, 0.6) is 0 Å². The minimum atomic E-state index is -0.333. The van der Waals surface area contributed by atoms with Gasteiger partial charge in [-0.1, -0.05) is 23.8 Å². The van der Waals surface area contributed by atoms with Crippen LogP contribution < -0.4 is 16.0 Å². The van der Waals surface area contributed by atoms with E-state index in [4.69, 9.17) is 29.6 Å². The molecular weight excluding hydrogens is 274 g/mol. The third kappa shape index (κ3) is 2.60. The van der Waals surface area contributed by atoms with Crippen LogP contribution >= 0.6 is 23.8 Å². The Bertz CT molecular complexity index is 531. The summed E-state index contributed by atoms with van der Waals surface area (Å²) in [4.78, 5) is 24.4. The normalized spacial score (nSPS) is 15.5. The lowest BCUT2D eigenvalue weighted by Crippen LogP contribution is -2.51. The number of nitrogens with one attached hydrogen (secondary N) is 1. The summed E-state index contributed by atoms with van der Waals surface area (Å²) in [7, 11) is 0. The quantitative estimate of drug-likeness (QED) is 0.608. The second-order valence-electron chi connectivity index (χ2n) is 3.86. The molecule has 0 radical (unpaired) electrons. The van der Waals surface area contributed by atoms with E-state index < -0.39 is 0 Å². The number of carbonyl (C=O) groups is 2. The molecule has 1 saturated heterocycles. The Morgan fingerprint density at radius 3 is 2.44 bits per heavy atom. The Labute approximate surface area is 114 Å². The smallest absolute Gasteiger partial charge is 0.246 e. The largest absolute Gasteiger partial charge is 0.389 e. The number of hydrogen-bond acceptors (Lipinski definition) is 4. The number of nitrogens with two attached hydrogens (primary N) is 1. The van der Waals surface area contributed by atoms with Gasteiger partial charge in [0.1, 0.15) is 4.99 Å². The van der Waals surface area contributed by atoms with Crippen LogP contribution in [0.4, 0.5) is 5.69 Å².